The third-order valence-electron chi connectivity index (χ3n) is 3.45. The second-order valence-electron chi connectivity index (χ2n) is 4.81. The van der Waals surface area contributed by atoms with Gasteiger partial charge in [-0.2, -0.15) is 0 Å². The number of nitrogens with one attached hydrogen (secondary N) is 1. The summed E-state index contributed by atoms with van der Waals surface area (Å²) >= 11 is 0. The van der Waals surface area contributed by atoms with Crippen molar-refractivity contribution in [3.05, 3.63) is 71.5 Å². The van der Waals surface area contributed by atoms with Gasteiger partial charge in [0, 0.05) is 12.0 Å². The molecule has 2 atom stereocenters. The van der Waals surface area contributed by atoms with Crippen LogP contribution in [0.1, 0.15) is 28.3 Å². The number of rotatable bonds is 3. The van der Waals surface area contributed by atoms with Gasteiger partial charge in [-0.3, -0.25) is 4.79 Å². The number of carbonyl (C=O) groups excluding carboxylic acids is 1. The standard InChI is InChI=1S/C16H14FNO/c17-14-9-5-4-8-12(14)16(19)18-15-10-13(15)11-6-2-1-3-7-11/h1-9,13,15H,10H2,(H,18,19)/t13-,15+/m0/s1. The summed E-state index contributed by atoms with van der Waals surface area (Å²) in [6.07, 6.45) is 0.921. The van der Waals surface area contributed by atoms with Crippen LogP contribution >= 0.6 is 0 Å². The summed E-state index contributed by atoms with van der Waals surface area (Å²) < 4.78 is 13.5. The highest BCUT2D eigenvalue weighted by Crippen LogP contribution is 2.40. The minimum Gasteiger partial charge on any atom is -0.349 e. The highest BCUT2D eigenvalue weighted by Gasteiger charge is 2.39. The topological polar surface area (TPSA) is 29.1 Å². The molecule has 0 aliphatic heterocycles. The van der Waals surface area contributed by atoms with Crippen molar-refractivity contribution in [2.75, 3.05) is 0 Å². The van der Waals surface area contributed by atoms with Crippen LogP contribution in [-0.2, 0) is 0 Å². The minimum atomic E-state index is -0.475. The van der Waals surface area contributed by atoms with Gasteiger partial charge < -0.3 is 5.32 Å². The van der Waals surface area contributed by atoms with Crippen LogP contribution in [0.15, 0.2) is 54.6 Å². The SMILES string of the molecule is O=C(N[C@@H]1C[C@H]1c1ccccc1)c1ccccc1F. The van der Waals surface area contributed by atoms with Crippen molar-refractivity contribution in [3.8, 4) is 0 Å². The van der Waals surface area contributed by atoms with Crippen LogP contribution in [0, 0.1) is 5.82 Å². The lowest BCUT2D eigenvalue weighted by Gasteiger charge is -2.05. The van der Waals surface area contributed by atoms with Crippen molar-refractivity contribution >= 4 is 5.91 Å². The highest BCUT2D eigenvalue weighted by atomic mass is 19.1. The lowest BCUT2D eigenvalue weighted by Crippen LogP contribution is -2.27. The average Bonchev–Trinajstić information content (AvgIpc) is 3.19. The van der Waals surface area contributed by atoms with E-state index in [4.69, 9.17) is 0 Å². The largest absolute Gasteiger partial charge is 0.349 e. The van der Waals surface area contributed by atoms with Crippen molar-refractivity contribution in [1.29, 1.82) is 0 Å². The van der Waals surface area contributed by atoms with E-state index < -0.39 is 5.82 Å². The van der Waals surface area contributed by atoms with E-state index in [1.54, 1.807) is 12.1 Å². The van der Waals surface area contributed by atoms with Gasteiger partial charge in [0.05, 0.1) is 5.56 Å². The van der Waals surface area contributed by atoms with Gasteiger partial charge in [0.2, 0.25) is 0 Å². The summed E-state index contributed by atoms with van der Waals surface area (Å²) in [7, 11) is 0. The first-order valence-corrected chi connectivity index (χ1v) is 6.36. The van der Waals surface area contributed by atoms with Gasteiger partial charge >= 0.3 is 0 Å². The molecule has 1 saturated carbocycles. The molecule has 0 heterocycles. The molecule has 2 aromatic carbocycles. The Kier molecular flexibility index (Phi) is 3.03. The van der Waals surface area contributed by atoms with E-state index >= 15 is 0 Å². The molecule has 96 valence electrons. The molecule has 0 spiro atoms. The molecule has 1 amide bonds. The zero-order chi connectivity index (χ0) is 13.2. The number of hydrogen-bond donors (Lipinski definition) is 1. The summed E-state index contributed by atoms with van der Waals surface area (Å²) in [5.74, 6) is -0.449. The molecule has 2 nitrogen and oxygen atoms in total. The van der Waals surface area contributed by atoms with Crippen LogP contribution in [0.3, 0.4) is 0 Å². The Balaban J connectivity index is 1.66. The summed E-state index contributed by atoms with van der Waals surface area (Å²) in [6.45, 7) is 0. The van der Waals surface area contributed by atoms with Gasteiger partial charge in [-0.05, 0) is 24.1 Å². The van der Waals surface area contributed by atoms with Gasteiger partial charge in [0.25, 0.3) is 5.91 Å². The molecule has 0 unspecified atom stereocenters. The average molecular weight is 255 g/mol. The van der Waals surface area contributed by atoms with Crippen molar-refractivity contribution in [2.45, 2.75) is 18.4 Å². The molecule has 1 N–H and O–H groups in total. The van der Waals surface area contributed by atoms with Crippen molar-refractivity contribution < 1.29 is 9.18 Å². The molecule has 0 radical (unpaired) electrons. The normalized spacial score (nSPS) is 20.9. The molecule has 0 bridgehead atoms. The number of halogens is 1. The molecule has 1 aliphatic rings. The molecular weight excluding hydrogens is 241 g/mol. The summed E-state index contributed by atoms with van der Waals surface area (Å²) in [6, 6.07) is 16.2. The van der Waals surface area contributed by atoms with E-state index in [2.05, 4.69) is 17.4 Å². The molecule has 19 heavy (non-hydrogen) atoms. The maximum absolute atomic E-state index is 13.5. The van der Waals surface area contributed by atoms with Gasteiger partial charge in [-0.1, -0.05) is 42.5 Å². The monoisotopic (exact) mass is 255 g/mol. The molecule has 0 aromatic heterocycles. The van der Waals surface area contributed by atoms with Crippen LogP contribution in [0.2, 0.25) is 0 Å². The second kappa shape index (κ2) is 4.84. The van der Waals surface area contributed by atoms with Crippen molar-refractivity contribution in [1.82, 2.24) is 5.32 Å². The van der Waals surface area contributed by atoms with Crippen molar-refractivity contribution in [3.63, 3.8) is 0 Å². The number of benzene rings is 2. The first kappa shape index (κ1) is 11.9. The fourth-order valence-electron chi connectivity index (χ4n) is 2.31. The van der Waals surface area contributed by atoms with Crippen LogP contribution in [0.5, 0.6) is 0 Å². The van der Waals surface area contributed by atoms with Gasteiger partial charge in [-0.15, -0.1) is 0 Å². The number of carbonyl (C=O) groups is 1. The Bertz CT molecular complexity index is 597. The molecule has 1 fully saturated rings. The molecule has 0 saturated heterocycles. The maximum atomic E-state index is 13.5. The van der Waals surface area contributed by atoms with Gasteiger partial charge in [0.15, 0.2) is 0 Å². The maximum Gasteiger partial charge on any atom is 0.254 e. The third kappa shape index (κ3) is 2.50. The van der Waals surface area contributed by atoms with E-state index in [1.165, 1.54) is 17.7 Å². The molecule has 1 aliphatic carbocycles. The quantitative estimate of drug-likeness (QED) is 0.897. The zero-order valence-corrected chi connectivity index (χ0v) is 10.3. The Morgan fingerprint density at radius 1 is 1.05 bits per heavy atom. The zero-order valence-electron chi connectivity index (χ0n) is 10.3. The van der Waals surface area contributed by atoms with Crippen LogP contribution in [0.4, 0.5) is 4.39 Å². The van der Waals surface area contributed by atoms with E-state index in [-0.39, 0.29) is 17.5 Å². The first-order valence-electron chi connectivity index (χ1n) is 6.36. The fourth-order valence-corrected chi connectivity index (χ4v) is 2.31. The Morgan fingerprint density at radius 2 is 1.74 bits per heavy atom. The minimum absolute atomic E-state index is 0.112. The van der Waals surface area contributed by atoms with Crippen molar-refractivity contribution in [2.24, 2.45) is 0 Å². The molecule has 2 aromatic rings. The van der Waals surface area contributed by atoms with Crippen LogP contribution in [-0.4, -0.2) is 11.9 Å². The number of amides is 1. The van der Waals surface area contributed by atoms with E-state index in [0.29, 0.717) is 5.92 Å². The Morgan fingerprint density at radius 3 is 2.47 bits per heavy atom. The predicted molar refractivity (Wildman–Crippen MR) is 71.5 cm³/mol. The van der Waals surface area contributed by atoms with E-state index in [1.807, 2.05) is 18.2 Å². The lowest BCUT2D eigenvalue weighted by molar-refractivity contribution is 0.0946. The number of hydrogen-bond acceptors (Lipinski definition) is 1. The van der Waals surface area contributed by atoms with E-state index in [9.17, 15) is 9.18 Å². The Hall–Kier alpha value is -2.16. The van der Waals surface area contributed by atoms with E-state index in [0.717, 1.165) is 6.42 Å². The lowest BCUT2D eigenvalue weighted by atomic mass is 10.1. The fraction of sp³-hybridized carbons (Fsp3) is 0.188. The van der Waals surface area contributed by atoms with Gasteiger partial charge in [0.1, 0.15) is 5.82 Å². The summed E-state index contributed by atoms with van der Waals surface area (Å²) in [5, 5.41) is 2.88. The van der Waals surface area contributed by atoms with Crippen LogP contribution in [0.25, 0.3) is 0 Å². The predicted octanol–water partition coefficient (Wildman–Crippen LogP) is 3.11. The summed E-state index contributed by atoms with van der Waals surface area (Å²) in [4.78, 5) is 11.9. The molecule has 3 heteroatoms. The second-order valence-corrected chi connectivity index (χ2v) is 4.81. The molecular formula is C16H14FNO. The molecule has 3 rings (SSSR count). The third-order valence-corrected chi connectivity index (χ3v) is 3.45. The summed E-state index contributed by atoms with van der Waals surface area (Å²) in [5.41, 5.74) is 1.34. The van der Waals surface area contributed by atoms with Gasteiger partial charge in [-0.25, -0.2) is 4.39 Å². The van der Waals surface area contributed by atoms with Crippen LogP contribution < -0.4 is 5.32 Å². The Labute approximate surface area is 111 Å². The smallest absolute Gasteiger partial charge is 0.254 e. The highest BCUT2D eigenvalue weighted by molar-refractivity contribution is 5.94. The first-order chi connectivity index (χ1) is 9.25.